The molecule has 3 aromatic carbocycles. The summed E-state index contributed by atoms with van der Waals surface area (Å²) in [4.78, 5) is 43.1. The van der Waals surface area contributed by atoms with Crippen molar-refractivity contribution in [3.05, 3.63) is 127 Å². The molecule has 7 rings (SSSR count). The Labute approximate surface area is 276 Å². The lowest BCUT2D eigenvalue weighted by molar-refractivity contribution is 0.0706. The van der Waals surface area contributed by atoms with Gasteiger partial charge in [-0.3, -0.25) is 18.7 Å². The van der Waals surface area contributed by atoms with Gasteiger partial charge in [0.15, 0.2) is 0 Å². The second-order valence-electron chi connectivity index (χ2n) is 11.1. The molecule has 0 radical (unpaired) electrons. The van der Waals surface area contributed by atoms with Crippen LogP contribution in [-0.2, 0) is 19.6 Å². The zero-order valence-electron chi connectivity index (χ0n) is 24.3. The summed E-state index contributed by atoms with van der Waals surface area (Å²) in [6.07, 6.45) is 5.47. The van der Waals surface area contributed by atoms with Crippen LogP contribution in [0.5, 0.6) is 5.75 Å². The summed E-state index contributed by atoms with van der Waals surface area (Å²) in [6, 6.07) is 18.2. The van der Waals surface area contributed by atoms with Gasteiger partial charge in [-0.25, -0.2) is 13.9 Å². The summed E-state index contributed by atoms with van der Waals surface area (Å²) >= 11 is 9.61. The second-order valence-corrected chi connectivity index (χ2v) is 12.4. The Bertz CT molecular complexity index is 2020. The monoisotopic (exact) mass is 704 g/mol. The number of ether oxygens (including phenoxy) is 1. The first-order valence-electron chi connectivity index (χ1n) is 14.7. The summed E-state index contributed by atoms with van der Waals surface area (Å²) in [5.74, 6) is -0.727. The number of halogens is 3. The van der Waals surface area contributed by atoms with E-state index in [1.165, 1.54) is 19.9 Å². The van der Waals surface area contributed by atoms with Crippen molar-refractivity contribution in [1.29, 1.82) is 0 Å². The molecule has 1 N–H and O–H groups in total. The molecule has 10 nitrogen and oxygen atoms in total. The summed E-state index contributed by atoms with van der Waals surface area (Å²) in [5, 5.41) is 7.42. The number of aromatic nitrogens is 4. The molecule has 0 unspecified atom stereocenters. The highest BCUT2D eigenvalue weighted by Crippen LogP contribution is 2.29. The van der Waals surface area contributed by atoms with Crippen LogP contribution in [0.25, 0.3) is 11.4 Å². The van der Waals surface area contributed by atoms with Crippen LogP contribution in [0.2, 0.25) is 5.02 Å². The van der Waals surface area contributed by atoms with Crippen LogP contribution in [-0.4, -0.2) is 48.3 Å². The van der Waals surface area contributed by atoms with Crippen LogP contribution in [0, 0.1) is 5.82 Å². The van der Waals surface area contributed by atoms with Crippen molar-refractivity contribution in [2.45, 2.75) is 38.6 Å². The molecule has 2 amide bonds. The maximum absolute atomic E-state index is 15.1. The third-order valence-electron chi connectivity index (χ3n) is 8.04. The zero-order valence-corrected chi connectivity index (χ0v) is 26.7. The van der Waals surface area contributed by atoms with Gasteiger partial charge in [-0.1, -0.05) is 17.7 Å². The smallest absolute Gasteiger partial charge is 0.333 e. The van der Waals surface area contributed by atoms with Gasteiger partial charge in [0.1, 0.15) is 17.3 Å². The SMILES string of the molecule is O=C(NCc1c(F)cccc1-n1cccn1)c1c2n(c(=O)n1-c1ccc(OC3CC3)cc1)CCN(C(=O)c1ccc(Br)c(Cl)c1)C2. The Hall–Kier alpha value is -4.68. The molecule has 2 aromatic heterocycles. The summed E-state index contributed by atoms with van der Waals surface area (Å²) in [7, 11) is 0. The van der Waals surface area contributed by atoms with Crippen LogP contribution in [0.15, 0.2) is 88.4 Å². The quantitative estimate of drug-likeness (QED) is 0.230. The normalized spacial score (nSPS) is 14.2. The predicted molar refractivity (Wildman–Crippen MR) is 172 cm³/mol. The fourth-order valence-electron chi connectivity index (χ4n) is 5.57. The third kappa shape index (κ3) is 5.74. The van der Waals surface area contributed by atoms with E-state index in [1.54, 1.807) is 78.0 Å². The first-order valence-corrected chi connectivity index (χ1v) is 15.9. The molecule has 0 spiro atoms. The summed E-state index contributed by atoms with van der Waals surface area (Å²) < 4.78 is 26.0. The number of carbonyl (C=O) groups excluding carboxylic acids is 2. The molecule has 46 heavy (non-hydrogen) atoms. The largest absolute Gasteiger partial charge is 0.490 e. The standard InChI is InChI=1S/C33H27BrClFN6O4/c34-25-12-5-20(17-26(25)35)32(44)39-15-16-40-29(19-39)30(42(33(40)45)21-6-8-22(9-7-21)46-23-10-11-23)31(43)37-18-24-27(36)3-1-4-28(24)41-14-2-13-38-41/h1-9,12-14,17,23H,10-11,15-16,18-19H2,(H,37,43). The number of hydrogen-bond donors (Lipinski definition) is 1. The number of carbonyl (C=O) groups is 2. The highest BCUT2D eigenvalue weighted by atomic mass is 79.9. The first-order chi connectivity index (χ1) is 22.3. The fraction of sp³-hybridized carbons (Fsp3) is 0.212. The molecule has 1 aliphatic heterocycles. The van der Waals surface area contributed by atoms with Gasteiger partial charge in [-0.05, 0) is 89.4 Å². The molecule has 0 atom stereocenters. The van der Waals surface area contributed by atoms with Crippen LogP contribution >= 0.6 is 27.5 Å². The van der Waals surface area contributed by atoms with E-state index >= 15 is 4.39 Å². The number of nitrogens with one attached hydrogen (secondary N) is 1. The van der Waals surface area contributed by atoms with Gasteiger partial charge in [0.2, 0.25) is 0 Å². The van der Waals surface area contributed by atoms with E-state index in [1.807, 2.05) is 0 Å². The lowest BCUT2D eigenvalue weighted by Gasteiger charge is -2.28. The maximum Gasteiger partial charge on any atom is 0.333 e. The average molecular weight is 706 g/mol. The van der Waals surface area contributed by atoms with Gasteiger partial charge in [0.25, 0.3) is 11.8 Å². The maximum atomic E-state index is 15.1. The molecule has 234 valence electrons. The minimum Gasteiger partial charge on any atom is -0.490 e. The number of imidazole rings is 1. The number of amides is 2. The lowest BCUT2D eigenvalue weighted by atomic mass is 10.1. The zero-order chi connectivity index (χ0) is 31.9. The van der Waals surface area contributed by atoms with E-state index in [-0.39, 0.29) is 49.4 Å². The third-order valence-corrected chi connectivity index (χ3v) is 9.27. The van der Waals surface area contributed by atoms with Gasteiger partial charge in [0, 0.05) is 47.6 Å². The topological polar surface area (TPSA) is 103 Å². The van der Waals surface area contributed by atoms with Crippen molar-refractivity contribution in [1.82, 2.24) is 29.1 Å². The second kappa shape index (κ2) is 12.3. The highest BCUT2D eigenvalue weighted by Gasteiger charge is 2.32. The predicted octanol–water partition coefficient (Wildman–Crippen LogP) is 5.51. The van der Waals surface area contributed by atoms with Gasteiger partial charge < -0.3 is 15.0 Å². The van der Waals surface area contributed by atoms with Crippen molar-refractivity contribution in [2.75, 3.05) is 6.54 Å². The van der Waals surface area contributed by atoms with Crippen molar-refractivity contribution in [2.24, 2.45) is 0 Å². The molecule has 13 heteroatoms. The molecule has 1 saturated carbocycles. The average Bonchev–Trinajstić information content (AvgIpc) is 3.60. The number of hydrogen-bond acceptors (Lipinski definition) is 5. The van der Waals surface area contributed by atoms with E-state index in [2.05, 4.69) is 26.3 Å². The summed E-state index contributed by atoms with van der Waals surface area (Å²) in [5.41, 5.74) is 1.55. The Morgan fingerprint density at radius 1 is 1.07 bits per heavy atom. The molecule has 0 bridgehead atoms. The minimum absolute atomic E-state index is 0.00137. The van der Waals surface area contributed by atoms with Crippen molar-refractivity contribution < 1.29 is 18.7 Å². The molecular weight excluding hydrogens is 679 g/mol. The van der Waals surface area contributed by atoms with Crippen LogP contribution in [0.4, 0.5) is 4.39 Å². The number of nitrogens with zero attached hydrogens (tertiary/aromatic N) is 5. The minimum atomic E-state index is -0.597. The van der Waals surface area contributed by atoms with E-state index in [4.69, 9.17) is 16.3 Å². The molecule has 2 aliphatic rings. The van der Waals surface area contributed by atoms with E-state index in [0.29, 0.717) is 37.9 Å². The van der Waals surface area contributed by atoms with Crippen LogP contribution in [0.1, 0.15) is 44.9 Å². The molecule has 1 fully saturated rings. The van der Waals surface area contributed by atoms with E-state index < -0.39 is 17.4 Å². The van der Waals surface area contributed by atoms with E-state index in [9.17, 15) is 14.4 Å². The van der Waals surface area contributed by atoms with Crippen LogP contribution < -0.4 is 15.7 Å². The molecule has 0 saturated heterocycles. The van der Waals surface area contributed by atoms with Crippen molar-refractivity contribution in [3.8, 4) is 17.1 Å². The van der Waals surface area contributed by atoms with Gasteiger partial charge in [-0.15, -0.1) is 0 Å². The van der Waals surface area contributed by atoms with Crippen molar-refractivity contribution >= 4 is 39.3 Å². The van der Waals surface area contributed by atoms with Gasteiger partial charge in [0.05, 0.1) is 34.7 Å². The Balaban J connectivity index is 1.25. The number of fused-ring (bicyclic) bond motifs is 1. The Morgan fingerprint density at radius 2 is 1.87 bits per heavy atom. The fourth-order valence-corrected chi connectivity index (χ4v) is 6.00. The van der Waals surface area contributed by atoms with Gasteiger partial charge in [-0.2, -0.15) is 5.10 Å². The summed E-state index contributed by atoms with van der Waals surface area (Å²) in [6.45, 7) is 0.254. The van der Waals surface area contributed by atoms with Gasteiger partial charge >= 0.3 is 5.69 Å². The Morgan fingerprint density at radius 3 is 2.59 bits per heavy atom. The molecule has 3 heterocycles. The van der Waals surface area contributed by atoms with Crippen LogP contribution in [0.3, 0.4) is 0 Å². The number of rotatable bonds is 8. The molecular formula is C33H27BrClFN6O4. The molecule has 5 aromatic rings. The highest BCUT2D eigenvalue weighted by molar-refractivity contribution is 9.10. The molecule has 1 aliphatic carbocycles. The van der Waals surface area contributed by atoms with Crippen molar-refractivity contribution in [3.63, 3.8) is 0 Å². The Kier molecular flexibility index (Phi) is 7.99. The van der Waals surface area contributed by atoms with E-state index in [0.717, 1.165) is 12.8 Å². The number of benzene rings is 3. The first kappa shape index (κ1) is 30.0. The lowest BCUT2D eigenvalue weighted by Crippen LogP contribution is -2.41.